The van der Waals surface area contributed by atoms with Gasteiger partial charge in [0.1, 0.15) is 15.3 Å². The van der Waals surface area contributed by atoms with Crippen LogP contribution >= 0.6 is 0 Å². The quantitative estimate of drug-likeness (QED) is 0.184. The van der Waals surface area contributed by atoms with E-state index in [1.165, 1.54) is 54.2 Å². The fraction of sp³-hybridized carbons (Fsp3) is 0.455. The molecule has 3 rings (SSSR count). The number of hydrogen-bond donors (Lipinski definition) is 1. The molecule has 0 aromatic carbocycles. The second kappa shape index (κ2) is 19.6. The summed E-state index contributed by atoms with van der Waals surface area (Å²) in [5, 5.41) is 18.9. The van der Waals surface area contributed by atoms with Gasteiger partial charge in [0, 0.05) is 18.2 Å². The maximum Gasteiger partial charge on any atom is 0.430 e. The number of aliphatic hydroxyl groups is 1. The maximum absolute atomic E-state index is 10.5. The molecule has 0 spiro atoms. The molecule has 278 valence electrons. The van der Waals surface area contributed by atoms with Gasteiger partial charge >= 0.3 is 6.18 Å². The topological polar surface area (TPSA) is 64.2 Å². The summed E-state index contributed by atoms with van der Waals surface area (Å²) in [4.78, 5) is 8.78. The van der Waals surface area contributed by atoms with Crippen LogP contribution in [-0.4, -0.2) is 23.8 Å². The average molecular weight is 710 g/mol. The van der Waals surface area contributed by atoms with Gasteiger partial charge in [-0.15, -0.1) is 0 Å². The van der Waals surface area contributed by atoms with Crippen molar-refractivity contribution in [1.82, 2.24) is 0 Å². The number of hydrogen-bond acceptors (Lipinski definition) is 3. The number of pyridine rings is 1. The number of nitrogens with zero attached hydrogens (tertiary/aromatic N) is 1. The zero-order chi connectivity index (χ0) is 42.0. The molecule has 0 unspecified atom stereocenters. The van der Waals surface area contributed by atoms with Crippen LogP contribution in [0.1, 0.15) is 118 Å². The van der Waals surface area contributed by atoms with Gasteiger partial charge in [0.15, 0.2) is 12.7 Å². The Morgan fingerprint density at radius 2 is 1.37 bits per heavy atom. The van der Waals surface area contributed by atoms with Gasteiger partial charge in [-0.05, 0) is 106 Å². The zero-order valence-electron chi connectivity index (χ0n) is 35.7. The van der Waals surface area contributed by atoms with Gasteiger partial charge in [0.05, 0.1) is 2.74 Å². The van der Waals surface area contributed by atoms with Gasteiger partial charge in [0.2, 0.25) is 5.69 Å². The van der Waals surface area contributed by atoms with Crippen molar-refractivity contribution in [2.24, 2.45) is 10.8 Å². The summed E-state index contributed by atoms with van der Waals surface area (Å²) in [6.45, 7) is 14.1. The number of carbonyl (C=O) groups is 1. The van der Waals surface area contributed by atoms with E-state index in [0.29, 0.717) is 5.69 Å². The molecule has 2 aliphatic carbocycles. The number of aliphatic carboxylic acids is 1. The molecule has 0 radical (unpaired) electrons. The standard InChI is InChI=1S/C42H58NO.C2HF3O2/c1-32(20-22-39-35(4)17-12-25-41(39,6)7)14-10-16-34(3)30-38-31-37(24-27-43(38)28-29-44)19-11-15-33(2)21-23-40-36(5)18-13-26-42(40,8)9;3-2(4,5)1(6)7/h10-11,14-16,19-24,27,30-31,44H,12-13,17-18,25-26,28-29H2,1-9H3;(H,6,7)/q+1;/p-1/b16-10+,19-11+,22-20+,23-21+,32-14+,33-15+,34-30+;/i28D2,29D2;. The number of carbonyl (C=O) groups excluding carboxylic acids is 1. The Labute approximate surface area is 310 Å². The molecule has 0 atom stereocenters. The van der Waals surface area contributed by atoms with Crippen molar-refractivity contribution >= 4 is 18.1 Å². The van der Waals surface area contributed by atoms with Crippen molar-refractivity contribution in [1.29, 1.82) is 0 Å². The summed E-state index contributed by atoms with van der Waals surface area (Å²) in [5.41, 5.74) is 10.5. The third-order valence-electron chi connectivity index (χ3n) is 9.26. The number of aromatic nitrogens is 1. The molecule has 0 aliphatic heterocycles. The number of alkyl halides is 3. The third kappa shape index (κ3) is 14.7. The Morgan fingerprint density at radius 1 is 0.882 bits per heavy atom. The average Bonchev–Trinajstić information content (AvgIpc) is 3.03. The van der Waals surface area contributed by atoms with E-state index < -0.39 is 25.2 Å². The Kier molecular flexibility index (Phi) is 14.1. The molecule has 1 heterocycles. The molecule has 0 saturated carbocycles. The third-order valence-corrected chi connectivity index (χ3v) is 9.26. The fourth-order valence-corrected chi connectivity index (χ4v) is 6.41. The minimum atomic E-state index is -5.19. The van der Waals surface area contributed by atoms with E-state index in [1.54, 1.807) is 18.2 Å². The SMILES string of the molecule is O=C([O-])C(F)(F)F.[2H]C([2H])(O)C([2H])([2H])[n+]1ccc(/C=C/C=C(C)/C=C/C2=C(C)CCCC2(C)C)cc1/C=C(C)/C=C/C=C(C)/C=C/C1=C(C)CCCC1(C)C. The highest BCUT2D eigenvalue weighted by atomic mass is 19.4. The number of aryl methyl sites for hydroxylation is 1. The van der Waals surface area contributed by atoms with Crippen LogP contribution in [0.15, 0.2) is 112 Å². The van der Waals surface area contributed by atoms with E-state index in [2.05, 4.69) is 91.8 Å². The normalized spacial score (nSPS) is 20.8. The van der Waals surface area contributed by atoms with Crippen LogP contribution in [0.25, 0.3) is 12.2 Å². The summed E-state index contributed by atoms with van der Waals surface area (Å²) in [6, 6.07) is 3.53. The van der Waals surface area contributed by atoms with E-state index in [0.717, 1.165) is 39.7 Å². The zero-order valence-corrected chi connectivity index (χ0v) is 31.7. The summed E-state index contributed by atoms with van der Waals surface area (Å²) in [6.07, 6.45) is 26.1. The molecule has 1 aromatic rings. The predicted molar refractivity (Wildman–Crippen MR) is 203 cm³/mol. The molecule has 7 heteroatoms. The molecule has 1 aromatic heterocycles. The van der Waals surface area contributed by atoms with Crippen LogP contribution in [-0.2, 0) is 11.3 Å². The first kappa shape index (κ1) is 36.8. The van der Waals surface area contributed by atoms with Crippen molar-refractivity contribution in [3.8, 4) is 0 Å². The lowest BCUT2D eigenvalue weighted by Crippen LogP contribution is -2.38. The number of halogens is 3. The highest BCUT2D eigenvalue weighted by molar-refractivity contribution is 5.70. The lowest BCUT2D eigenvalue weighted by atomic mass is 9.72. The van der Waals surface area contributed by atoms with Crippen molar-refractivity contribution in [3.63, 3.8) is 0 Å². The van der Waals surface area contributed by atoms with Gasteiger partial charge in [0.25, 0.3) is 0 Å². The number of carboxylic acid groups (broad SMARTS) is 1. The number of carboxylic acids is 1. The monoisotopic (exact) mass is 709 g/mol. The molecular formula is C44H58F3NO3. The molecule has 0 fully saturated rings. The van der Waals surface area contributed by atoms with Crippen molar-refractivity contribution in [3.05, 3.63) is 123 Å². The van der Waals surface area contributed by atoms with E-state index in [-0.39, 0.29) is 10.8 Å². The Balaban J connectivity index is 0.00000136. The Morgan fingerprint density at radius 3 is 1.82 bits per heavy atom. The lowest BCUT2D eigenvalue weighted by Gasteiger charge is -2.33. The molecule has 4 nitrogen and oxygen atoms in total. The van der Waals surface area contributed by atoms with E-state index in [9.17, 15) is 18.3 Å². The van der Waals surface area contributed by atoms with Crippen LogP contribution in [0.5, 0.6) is 0 Å². The number of rotatable bonds is 11. The van der Waals surface area contributed by atoms with E-state index in [4.69, 9.17) is 15.4 Å². The minimum Gasteiger partial charge on any atom is -0.542 e. The summed E-state index contributed by atoms with van der Waals surface area (Å²) in [7, 11) is 0. The molecule has 51 heavy (non-hydrogen) atoms. The predicted octanol–water partition coefficient (Wildman–Crippen LogP) is 10.3. The second-order valence-corrected chi connectivity index (χ2v) is 14.7. The smallest absolute Gasteiger partial charge is 0.430 e. The largest absolute Gasteiger partial charge is 0.542 e. The Bertz CT molecular complexity index is 1830. The van der Waals surface area contributed by atoms with Crippen molar-refractivity contribution < 1.29 is 38.2 Å². The highest BCUT2D eigenvalue weighted by Gasteiger charge is 2.29. The second-order valence-electron chi connectivity index (χ2n) is 14.7. The Hall–Kier alpha value is -3.97. The van der Waals surface area contributed by atoms with E-state index in [1.807, 2.05) is 31.2 Å². The fourth-order valence-electron chi connectivity index (χ4n) is 6.41. The van der Waals surface area contributed by atoms with Crippen LogP contribution in [0.3, 0.4) is 0 Å². The van der Waals surface area contributed by atoms with Crippen molar-refractivity contribution in [2.75, 3.05) is 6.56 Å². The van der Waals surface area contributed by atoms with Gasteiger partial charge in [-0.3, -0.25) is 0 Å². The first-order valence-electron chi connectivity index (χ1n) is 19.4. The van der Waals surface area contributed by atoms with Gasteiger partial charge < -0.3 is 15.0 Å². The molecule has 0 saturated heterocycles. The minimum absolute atomic E-state index is 0.191. The van der Waals surface area contributed by atoms with Gasteiger partial charge in [-0.1, -0.05) is 111 Å². The summed E-state index contributed by atoms with van der Waals surface area (Å²) in [5.74, 6) is -3.01. The van der Waals surface area contributed by atoms with Crippen LogP contribution in [0.4, 0.5) is 13.2 Å². The van der Waals surface area contributed by atoms with Gasteiger partial charge in [-0.2, -0.15) is 17.7 Å². The van der Waals surface area contributed by atoms with Crippen LogP contribution in [0, 0.1) is 10.8 Å². The lowest BCUT2D eigenvalue weighted by molar-refractivity contribution is -0.699. The molecular weight excluding hydrogens is 647 g/mol. The highest BCUT2D eigenvalue weighted by Crippen LogP contribution is 2.41. The van der Waals surface area contributed by atoms with E-state index >= 15 is 0 Å². The summed E-state index contributed by atoms with van der Waals surface area (Å²) < 4.78 is 65.0. The van der Waals surface area contributed by atoms with Crippen LogP contribution in [0.2, 0.25) is 0 Å². The molecule has 1 N–H and O–H groups in total. The van der Waals surface area contributed by atoms with Gasteiger partial charge in [-0.25, -0.2) is 0 Å². The summed E-state index contributed by atoms with van der Waals surface area (Å²) >= 11 is 0. The first-order chi connectivity index (χ1) is 25.2. The van der Waals surface area contributed by atoms with Crippen molar-refractivity contribution in [2.45, 2.75) is 114 Å². The molecule has 0 bridgehead atoms. The number of allylic oxidation sites excluding steroid dienone is 16. The van der Waals surface area contributed by atoms with Crippen LogP contribution < -0.4 is 9.67 Å². The maximum atomic E-state index is 10.5. The molecule has 0 amide bonds. The first-order valence-corrected chi connectivity index (χ1v) is 17.4. The molecule has 2 aliphatic rings.